The predicted octanol–water partition coefficient (Wildman–Crippen LogP) is 3.07. The molecule has 2 heterocycles. The monoisotopic (exact) mass is 309 g/mol. The van der Waals surface area contributed by atoms with Gasteiger partial charge in [-0.15, -0.1) is 22.7 Å². The van der Waals surface area contributed by atoms with Crippen molar-refractivity contribution in [1.82, 2.24) is 5.32 Å². The lowest BCUT2D eigenvalue weighted by atomic mass is 10.2. The van der Waals surface area contributed by atoms with Gasteiger partial charge in [0.2, 0.25) is 5.91 Å². The Labute approximate surface area is 125 Å². The minimum atomic E-state index is -1.03. The van der Waals surface area contributed by atoms with Crippen molar-refractivity contribution in [2.24, 2.45) is 0 Å². The van der Waals surface area contributed by atoms with Gasteiger partial charge in [-0.3, -0.25) is 4.79 Å². The number of carboxylic acids is 1. The summed E-state index contributed by atoms with van der Waals surface area (Å²) in [6.45, 7) is 0. The number of nitrogens with one attached hydrogen (secondary N) is 1. The first-order chi connectivity index (χ1) is 9.66. The molecule has 2 N–H and O–H groups in total. The summed E-state index contributed by atoms with van der Waals surface area (Å²) < 4.78 is 0. The topological polar surface area (TPSA) is 66.4 Å². The fourth-order valence-corrected chi connectivity index (χ4v) is 3.34. The fourth-order valence-electron chi connectivity index (χ4n) is 1.82. The number of amides is 1. The summed E-state index contributed by atoms with van der Waals surface area (Å²) >= 11 is 3.00. The van der Waals surface area contributed by atoms with Crippen molar-refractivity contribution < 1.29 is 14.7 Å². The van der Waals surface area contributed by atoms with Crippen LogP contribution in [0.2, 0.25) is 0 Å². The Bertz CT molecular complexity index is 549. The van der Waals surface area contributed by atoms with Crippen LogP contribution in [0.25, 0.3) is 0 Å². The molecule has 0 saturated heterocycles. The molecule has 0 aromatic carbocycles. The van der Waals surface area contributed by atoms with Gasteiger partial charge in [0.15, 0.2) is 6.04 Å². The molecule has 4 nitrogen and oxygen atoms in total. The molecule has 1 atom stereocenters. The second-order valence-electron chi connectivity index (χ2n) is 4.29. The van der Waals surface area contributed by atoms with Crippen LogP contribution in [0.15, 0.2) is 35.0 Å². The summed E-state index contributed by atoms with van der Waals surface area (Å²) in [5, 5.41) is 15.5. The van der Waals surface area contributed by atoms with E-state index in [9.17, 15) is 9.59 Å². The molecule has 1 amide bonds. The van der Waals surface area contributed by atoms with Crippen LogP contribution < -0.4 is 5.32 Å². The number of hydrogen-bond donors (Lipinski definition) is 2. The number of thiophene rings is 2. The van der Waals surface area contributed by atoms with Crippen molar-refractivity contribution in [3.05, 3.63) is 44.8 Å². The van der Waals surface area contributed by atoms with Crippen molar-refractivity contribution in [2.45, 2.75) is 25.3 Å². The van der Waals surface area contributed by atoms with Crippen LogP contribution >= 0.6 is 22.7 Å². The molecule has 2 aromatic rings. The largest absolute Gasteiger partial charge is 0.479 e. The molecule has 0 bridgehead atoms. The molecule has 20 heavy (non-hydrogen) atoms. The van der Waals surface area contributed by atoms with Crippen LogP contribution in [0.5, 0.6) is 0 Å². The molecule has 0 saturated carbocycles. The van der Waals surface area contributed by atoms with Crippen molar-refractivity contribution in [2.75, 3.05) is 0 Å². The molecule has 0 radical (unpaired) electrons. The Morgan fingerprint density at radius 1 is 1.20 bits per heavy atom. The van der Waals surface area contributed by atoms with Gasteiger partial charge in [-0.05, 0) is 35.7 Å². The van der Waals surface area contributed by atoms with Crippen molar-refractivity contribution in [1.29, 1.82) is 0 Å². The lowest BCUT2D eigenvalue weighted by molar-refractivity contribution is -0.142. The van der Waals surface area contributed by atoms with E-state index in [2.05, 4.69) is 5.32 Å². The minimum absolute atomic E-state index is 0.220. The summed E-state index contributed by atoms with van der Waals surface area (Å²) in [7, 11) is 0. The standard InChI is InChI=1S/C14H15NO3S2/c16-12(7-1-4-10-5-2-8-19-10)15-13(14(17)18)11-6-3-9-20-11/h2-3,5-6,8-9,13H,1,4,7H2,(H,15,16)(H,17,18). The van der Waals surface area contributed by atoms with E-state index >= 15 is 0 Å². The summed E-state index contributed by atoms with van der Waals surface area (Å²) in [6.07, 6.45) is 1.91. The fraction of sp³-hybridized carbons (Fsp3) is 0.286. The molecule has 2 aromatic heterocycles. The normalized spacial score (nSPS) is 12.0. The molecule has 0 spiro atoms. The molecule has 6 heteroatoms. The second kappa shape index (κ2) is 7.21. The van der Waals surface area contributed by atoms with Gasteiger partial charge in [0.1, 0.15) is 0 Å². The van der Waals surface area contributed by atoms with E-state index < -0.39 is 12.0 Å². The molecule has 0 fully saturated rings. The van der Waals surface area contributed by atoms with Crippen LogP contribution in [0.4, 0.5) is 0 Å². The highest BCUT2D eigenvalue weighted by Crippen LogP contribution is 2.19. The third kappa shape index (κ3) is 4.18. The van der Waals surface area contributed by atoms with Gasteiger partial charge in [-0.25, -0.2) is 4.79 Å². The van der Waals surface area contributed by atoms with Crippen molar-refractivity contribution in [3.8, 4) is 0 Å². The summed E-state index contributed by atoms with van der Waals surface area (Å²) in [5.41, 5.74) is 0. The van der Waals surface area contributed by atoms with Gasteiger partial charge in [-0.1, -0.05) is 12.1 Å². The SMILES string of the molecule is O=C(CCCc1cccs1)NC(C(=O)O)c1cccs1. The molecular weight excluding hydrogens is 294 g/mol. The van der Waals surface area contributed by atoms with Crippen LogP contribution in [0.3, 0.4) is 0 Å². The highest BCUT2D eigenvalue weighted by atomic mass is 32.1. The number of carboxylic acid groups (broad SMARTS) is 1. The van der Waals surface area contributed by atoms with E-state index in [1.165, 1.54) is 16.2 Å². The molecule has 0 aliphatic heterocycles. The highest BCUT2D eigenvalue weighted by Gasteiger charge is 2.22. The molecule has 1 unspecified atom stereocenters. The van der Waals surface area contributed by atoms with E-state index in [4.69, 9.17) is 5.11 Å². The first-order valence-electron chi connectivity index (χ1n) is 6.25. The van der Waals surface area contributed by atoms with Crippen LogP contribution in [0, 0.1) is 0 Å². The Balaban J connectivity index is 1.81. The molecule has 2 rings (SSSR count). The van der Waals surface area contributed by atoms with Crippen LogP contribution in [-0.2, 0) is 16.0 Å². The number of carbonyl (C=O) groups is 2. The van der Waals surface area contributed by atoms with Gasteiger partial charge in [-0.2, -0.15) is 0 Å². The predicted molar refractivity (Wildman–Crippen MR) is 80.1 cm³/mol. The van der Waals surface area contributed by atoms with Crippen molar-refractivity contribution in [3.63, 3.8) is 0 Å². The number of aryl methyl sites for hydroxylation is 1. The van der Waals surface area contributed by atoms with Gasteiger partial charge < -0.3 is 10.4 Å². The summed E-state index contributed by atoms with van der Waals surface area (Å²) in [4.78, 5) is 24.9. The summed E-state index contributed by atoms with van der Waals surface area (Å²) in [5.74, 6) is -1.25. The van der Waals surface area contributed by atoms with E-state index in [1.807, 2.05) is 17.5 Å². The quantitative estimate of drug-likeness (QED) is 0.826. The van der Waals surface area contributed by atoms with Gasteiger partial charge in [0.25, 0.3) is 0 Å². The average Bonchev–Trinajstić information content (AvgIpc) is 3.08. The third-order valence-corrected chi connectivity index (χ3v) is 4.66. The number of rotatable bonds is 7. The summed E-state index contributed by atoms with van der Waals surface area (Å²) in [6, 6.07) is 6.57. The van der Waals surface area contributed by atoms with E-state index in [0.717, 1.165) is 12.8 Å². The Morgan fingerprint density at radius 2 is 1.95 bits per heavy atom. The molecule has 106 valence electrons. The Morgan fingerprint density at radius 3 is 2.55 bits per heavy atom. The maximum atomic E-state index is 11.8. The maximum Gasteiger partial charge on any atom is 0.331 e. The van der Waals surface area contributed by atoms with Gasteiger partial charge in [0, 0.05) is 16.2 Å². The second-order valence-corrected chi connectivity index (χ2v) is 6.30. The Kier molecular flexibility index (Phi) is 5.31. The molecule has 0 aliphatic carbocycles. The highest BCUT2D eigenvalue weighted by molar-refractivity contribution is 7.10. The number of aliphatic carboxylic acids is 1. The zero-order valence-corrected chi connectivity index (χ0v) is 12.4. The van der Waals surface area contributed by atoms with Crippen LogP contribution in [0.1, 0.15) is 28.6 Å². The van der Waals surface area contributed by atoms with E-state index in [-0.39, 0.29) is 5.91 Å². The zero-order chi connectivity index (χ0) is 14.4. The van der Waals surface area contributed by atoms with E-state index in [0.29, 0.717) is 11.3 Å². The van der Waals surface area contributed by atoms with Gasteiger partial charge >= 0.3 is 5.97 Å². The first-order valence-corrected chi connectivity index (χ1v) is 8.00. The Hall–Kier alpha value is -1.66. The van der Waals surface area contributed by atoms with Crippen molar-refractivity contribution >= 4 is 34.6 Å². The van der Waals surface area contributed by atoms with Crippen LogP contribution in [-0.4, -0.2) is 17.0 Å². The van der Waals surface area contributed by atoms with Gasteiger partial charge in [0.05, 0.1) is 0 Å². The number of carbonyl (C=O) groups excluding carboxylic acids is 1. The lowest BCUT2D eigenvalue weighted by Crippen LogP contribution is -2.33. The minimum Gasteiger partial charge on any atom is -0.479 e. The molecule has 0 aliphatic rings. The number of hydrogen-bond acceptors (Lipinski definition) is 4. The molecular formula is C14H15NO3S2. The average molecular weight is 309 g/mol. The third-order valence-electron chi connectivity index (χ3n) is 2.79. The lowest BCUT2D eigenvalue weighted by Gasteiger charge is -2.12. The maximum absolute atomic E-state index is 11.8. The zero-order valence-electron chi connectivity index (χ0n) is 10.7. The smallest absolute Gasteiger partial charge is 0.331 e. The van der Waals surface area contributed by atoms with E-state index in [1.54, 1.807) is 28.8 Å². The first kappa shape index (κ1) is 14.7.